The molecule has 2 aromatic carbocycles. The highest BCUT2D eigenvalue weighted by Crippen LogP contribution is 2.44. The number of nitrogens with zero attached hydrogens (tertiary/aromatic N) is 2. The molecule has 1 saturated heterocycles. The van der Waals surface area contributed by atoms with Crippen molar-refractivity contribution in [3.8, 4) is 0 Å². The second-order valence-corrected chi connectivity index (χ2v) is 11.5. The van der Waals surface area contributed by atoms with Crippen molar-refractivity contribution in [1.82, 2.24) is 4.90 Å². The SMILES string of the molecule is CCC1(CCCCN2CCN(c3cccc(Cl)c3)CC2)C(=O)Nc2ccc(S(N)(=O)=O)cc21.O=C(O)C(=O)O. The van der Waals surface area contributed by atoms with Gasteiger partial charge in [-0.15, -0.1) is 0 Å². The summed E-state index contributed by atoms with van der Waals surface area (Å²) in [6.45, 7) is 6.87. The first-order chi connectivity index (χ1) is 18.4. The third-order valence-electron chi connectivity index (χ3n) is 7.18. The van der Waals surface area contributed by atoms with Gasteiger partial charge in [0.1, 0.15) is 0 Å². The summed E-state index contributed by atoms with van der Waals surface area (Å²) in [6.07, 6.45) is 3.16. The van der Waals surface area contributed by atoms with E-state index in [9.17, 15) is 13.2 Å². The standard InChI is InChI=1S/C24H31ClN4O3S.C2H2O4/c1-2-24(21-17-20(33(26,31)32)8-9-22(21)27-23(24)30)10-3-4-11-28-12-14-29(15-13-28)19-7-5-6-18(25)16-19;3-1(4)2(5)6/h5-9,16-17H,2-4,10-15H2,1H3,(H,27,30)(H2,26,31,32);(H,3,4)(H,5,6). The maximum atomic E-state index is 12.9. The van der Waals surface area contributed by atoms with Crippen LogP contribution in [0.15, 0.2) is 47.4 Å². The fourth-order valence-corrected chi connectivity index (χ4v) is 5.73. The summed E-state index contributed by atoms with van der Waals surface area (Å²) in [7, 11) is -3.82. The summed E-state index contributed by atoms with van der Waals surface area (Å²) in [5, 5.41) is 23.8. The zero-order valence-corrected chi connectivity index (χ0v) is 23.2. The van der Waals surface area contributed by atoms with Crippen LogP contribution in [0.1, 0.15) is 38.2 Å². The Hall–Kier alpha value is -3.19. The molecule has 11 nitrogen and oxygen atoms in total. The van der Waals surface area contributed by atoms with Gasteiger partial charge in [0, 0.05) is 42.6 Å². The second kappa shape index (κ2) is 12.8. The Morgan fingerprint density at radius 1 is 1.05 bits per heavy atom. The first-order valence-electron chi connectivity index (χ1n) is 12.6. The number of carboxylic acid groups (broad SMARTS) is 2. The van der Waals surface area contributed by atoms with E-state index < -0.39 is 27.4 Å². The largest absolute Gasteiger partial charge is 0.473 e. The minimum absolute atomic E-state index is 0.0492. The quantitative estimate of drug-likeness (QED) is 0.271. The normalized spacial score (nSPS) is 19.1. The second-order valence-electron chi connectivity index (χ2n) is 9.52. The van der Waals surface area contributed by atoms with Crippen molar-refractivity contribution in [2.24, 2.45) is 5.14 Å². The number of halogens is 1. The zero-order chi connectivity index (χ0) is 28.8. The van der Waals surface area contributed by atoms with Crippen molar-refractivity contribution in [3.05, 3.63) is 53.1 Å². The number of carbonyl (C=O) groups is 3. The Labute approximate surface area is 232 Å². The van der Waals surface area contributed by atoms with Gasteiger partial charge < -0.3 is 20.4 Å². The Balaban J connectivity index is 0.000000631. The number of aliphatic carboxylic acids is 2. The van der Waals surface area contributed by atoms with Crippen LogP contribution in [0.5, 0.6) is 0 Å². The van der Waals surface area contributed by atoms with E-state index in [2.05, 4.69) is 21.2 Å². The molecule has 0 saturated carbocycles. The highest BCUT2D eigenvalue weighted by molar-refractivity contribution is 7.89. The van der Waals surface area contributed by atoms with Gasteiger partial charge in [-0.1, -0.05) is 31.0 Å². The molecule has 2 heterocycles. The molecule has 0 aromatic heterocycles. The first-order valence-corrected chi connectivity index (χ1v) is 14.5. The molecule has 4 rings (SSSR count). The van der Waals surface area contributed by atoms with Crippen LogP contribution in [-0.4, -0.2) is 74.1 Å². The smallest absolute Gasteiger partial charge is 0.414 e. The van der Waals surface area contributed by atoms with Crippen LogP contribution >= 0.6 is 11.6 Å². The molecule has 0 aliphatic carbocycles. The molecular weight excluding hydrogens is 548 g/mol. The minimum Gasteiger partial charge on any atom is -0.473 e. The van der Waals surface area contributed by atoms with Crippen molar-refractivity contribution in [2.45, 2.75) is 42.9 Å². The number of nitrogens with two attached hydrogens (primary N) is 1. The van der Waals surface area contributed by atoms with Crippen LogP contribution in [0.4, 0.5) is 11.4 Å². The lowest BCUT2D eigenvalue weighted by molar-refractivity contribution is -0.159. The van der Waals surface area contributed by atoms with Gasteiger partial charge in [-0.3, -0.25) is 9.69 Å². The maximum Gasteiger partial charge on any atom is 0.414 e. The number of nitrogens with one attached hydrogen (secondary N) is 1. The Morgan fingerprint density at radius 2 is 1.72 bits per heavy atom. The van der Waals surface area contributed by atoms with Crippen LogP contribution in [0, 0.1) is 0 Å². The van der Waals surface area contributed by atoms with E-state index in [1.54, 1.807) is 12.1 Å². The molecule has 1 fully saturated rings. The van der Waals surface area contributed by atoms with Crippen molar-refractivity contribution in [2.75, 3.05) is 42.9 Å². The number of hydrogen-bond donors (Lipinski definition) is 4. The maximum absolute atomic E-state index is 12.9. The first kappa shape index (κ1) is 30.4. The van der Waals surface area contributed by atoms with Gasteiger partial charge >= 0.3 is 11.9 Å². The number of fused-ring (bicyclic) bond motifs is 1. The number of carbonyl (C=O) groups excluding carboxylic acids is 1. The van der Waals surface area contributed by atoms with Crippen LogP contribution in [0.2, 0.25) is 5.02 Å². The zero-order valence-electron chi connectivity index (χ0n) is 21.6. The molecule has 2 aromatic rings. The molecule has 1 atom stereocenters. The number of rotatable bonds is 8. The molecule has 13 heteroatoms. The van der Waals surface area contributed by atoms with Gasteiger partial charge in [0.15, 0.2) is 0 Å². The van der Waals surface area contributed by atoms with Crippen molar-refractivity contribution in [3.63, 3.8) is 0 Å². The van der Waals surface area contributed by atoms with E-state index in [0.29, 0.717) is 18.5 Å². The predicted octanol–water partition coefficient (Wildman–Crippen LogP) is 2.74. The van der Waals surface area contributed by atoms with Gasteiger partial charge in [0.2, 0.25) is 15.9 Å². The highest BCUT2D eigenvalue weighted by atomic mass is 35.5. The monoisotopic (exact) mass is 580 g/mol. The van der Waals surface area contributed by atoms with E-state index in [-0.39, 0.29) is 10.8 Å². The van der Waals surface area contributed by atoms with Crippen LogP contribution < -0.4 is 15.4 Å². The fourth-order valence-electron chi connectivity index (χ4n) is 5.01. The Kier molecular flexibility index (Phi) is 9.94. The van der Waals surface area contributed by atoms with Gasteiger partial charge in [-0.2, -0.15) is 0 Å². The molecule has 39 heavy (non-hydrogen) atoms. The third-order valence-corrected chi connectivity index (χ3v) is 8.32. The number of unbranched alkanes of at least 4 members (excludes halogenated alkanes) is 1. The lowest BCUT2D eigenvalue weighted by Gasteiger charge is -2.36. The number of carboxylic acids is 2. The summed E-state index contributed by atoms with van der Waals surface area (Å²) in [5.41, 5.74) is 1.89. The summed E-state index contributed by atoms with van der Waals surface area (Å²) < 4.78 is 23.7. The number of benzene rings is 2. The van der Waals surface area contributed by atoms with Crippen LogP contribution in [0.3, 0.4) is 0 Å². The molecule has 0 radical (unpaired) electrons. The molecule has 1 unspecified atom stereocenters. The average molecular weight is 581 g/mol. The molecule has 0 bridgehead atoms. The number of anilines is 2. The molecule has 2 aliphatic rings. The molecule has 2 aliphatic heterocycles. The summed E-state index contributed by atoms with van der Waals surface area (Å²) in [4.78, 5) is 36.0. The van der Waals surface area contributed by atoms with E-state index in [1.807, 2.05) is 25.1 Å². The van der Waals surface area contributed by atoms with Crippen molar-refractivity contribution >= 4 is 50.8 Å². The molecule has 0 spiro atoms. The lowest BCUT2D eigenvalue weighted by atomic mass is 9.75. The van der Waals surface area contributed by atoms with Gasteiger partial charge in [-0.25, -0.2) is 23.1 Å². The predicted molar refractivity (Wildman–Crippen MR) is 148 cm³/mol. The topological polar surface area (TPSA) is 170 Å². The average Bonchev–Trinajstić information content (AvgIpc) is 3.17. The number of primary sulfonamides is 1. The molecule has 212 valence electrons. The number of hydrogen-bond acceptors (Lipinski definition) is 7. The lowest BCUT2D eigenvalue weighted by Crippen LogP contribution is -2.46. The molecule has 1 amide bonds. The van der Waals surface area contributed by atoms with Crippen LogP contribution in [0.25, 0.3) is 0 Å². The molecular formula is C26H33ClN4O7S. The number of piperazine rings is 1. The highest BCUT2D eigenvalue weighted by Gasteiger charge is 2.45. The van der Waals surface area contributed by atoms with E-state index >= 15 is 0 Å². The van der Waals surface area contributed by atoms with Crippen molar-refractivity contribution in [1.29, 1.82) is 0 Å². The van der Waals surface area contributed by atoms with Gasteiger partial charge in [-0.05, 0) is 67.8 Å². The Morgan fingerprint density at radius 3 is 2.28 bits per heavy atom. The minimum atomic E-state index is -3.82. The third kappa shape index (κ3) is 7.47. The summed E-state index contributed by atoms with van der Waals surface area (Å²) in [5.74, 6) is -3.70. The van der Waals surface area contributed by atoms with Gasteiger partial charge in [0.05, 0.1) is 10.3 Å². The molecule has 5 N–H and O–H groups in total. The number of amides is 1. The number of sulfonamides is 1. The van der Waals surface area contributed by atoms with E-state index in [0.717, 1.165) is 61.8 Å². The van der Waals surface area contributed by atoms with Crippen molar-refractivity contribution < 1.29 is 33.0 Å². The summed E-state index contributed by atoms with van der Waals surface area (Å²) in [6, 6.07) is 12.6. The van der Waals surface area contributed by atoms with Crippen LogP contribution in [-0.2, 0) is 29.8 Å². The van der Waals surface area contributed by atoms with E-state index in [1.165, 1.54) is 6.07 Å². The fraction of sp³-hybridized carbons (Fsp3) is 0.423. The van der Waals surface area contributed by atoms with E-state index in [4.69, 9.17) is 36.5 Å². The Bertz CT molecular complexity index is 1320. The summed E-state index contributed by atoms with van der Waals surface area (Å²) >= 11 is 6.13. The van der Waals surface area contributed by atoms with Gasteiger partial charge in [0.25, 0.3) is 0 Å².